The minimum Gasteiger partial charge on any atom is -0.334 e. The third-order valence-corrected chi connectivity index (χ3v) is 5.12. The summed E-state index contributed by atoms with van der Waals surface area (Å²) in [6, 6.07) is 8.28. The largest absolute Gasteiger partial charge is 0.334 e. The molecule has 0 unspecified atom stereocenters. The van der Waals surface area contributed by atoms with Crippen LogP contribution in [-0.2, 0) is 17.8 Å². The van der Waals surface area contributed by atoms with Gasteiger partial charge >= 0.3 is 0 Å². The SMILES string of the molecule is O=C(/C=C/c1c(Cl)nc2sccn12)N1CCc2ccccc2C1. The Morgan fingerprint density at radius 1 is 1.30 bits per heavy atom. The third kappa shape index (κ3) is 2.66. The van der Waals surface area contributed by atoms with Gasteiger partial charge in [-0.3, -0.25) is 9.20 Å². The molecule has 0 spiro atoms. The fraction of sp³-hybridized carbons (Fsp3) is 0.176. The average molecular weight is 344 g/mol. The molecular weight excluding hydrogens is 330 g/mol. The summed E-state index contributed by atoms with van der Waals surface area (Å²) in [6.45, 7) is 1.40. The number of hydrogen-bond donors (Lipinski definition) is 0. The lowest BCUT2D eigenvalue weighted by Gasteiger charge is -2.27. The van der Waals surface area contributed by atoms with Crippen molar-refractivity contribution in [2.24, 2.45) is 0 Å². The molecule has 6 heteroatoms. The summed E-state index contributed by atoms with van der Waals surface area (Å²) in [6.07, 6.45) is 6.14. The molecule has 0 saturated carbocycles. The van der Waals surface area contributed by atoms with Crippen LogP contribution < -0.4 is 0 Å². The maximum absolute atomic E-state index is 12.5. The van der Waals surface area contributed by atoms with E-state index in [0.29, 0.717) is 11.7 Å². The highest BCUT2D eigenvalue weighted by molar-refractivity contribution is 7.15. The van der Waals surface area contributed by atoms with Gasteiger partial charge in [-0.15, -0.1) is 11.3 Å². The zero-order chi connectivity index (χ0) is 15.8. The van der Waals surface area contributed by atoms with Crippen molar-refractivity contribution in [3.8, 4) is 0 Å². The normalized spacial score (nSPS) is 14.6. The van der Waals surface area contributed by atoms with Crippen LogP contribution >= 0.6 is 22.9 Å². The molecule has 3 heterocycles. The fourth-order valence-corrected chi connectivity index (χ4v) is 3.87. The van der Waals surface area contributed by atoms with Crippen LogP contribution in [0, 0.1) is 0 Å². The summed E-state index contributed by atoms with van der Waals surface area (Å²) < 4.78 is 1.89. The molecule has 0 aliphatic carbocycles. The van der Waals surface area contributed by atoms with E-state index in [-0.39, 0.29) is 5.91 Å². The van der Waals surface area contributed by atoms with Gasteiger partial charge in [0, 0.05) is 30.7 Å². The number of imidazole rings is 1. The van der Waals surface area contributed by atoms with Crippen molar-refractivity contribution in [3.63, 3.8) is 0 Å². The van der Waals surface area contributed by atoms with Crippen molar-refractivity contribution in [1.82, 2.24) is 14.3 Å². The lowest BCUT2D eigenvalue weighted by molar-refractivity contribution is -0.126. The van der Waals surface area contributed by atoms with E-state index >= 15 is 0 Å². The summed E-state index contributed by atoms with van der Waals surface area (Å²) >= 11 is 7.66. The average Bonchev–Trinajstić information content (AvgIpc) is 3.13. The van der Waals surface area contributed by atoms with E-state index < -0.39 is 0 Å². The fourth-order valence-electron chi connectivity index (χ4n) is 2.87. The quantitative estimate of drug-likeness (QED) is 0.666. The van der Waals surface area contributed by atoms with Gasteiger partial charge in [0.1, 0.15) is 0 Å². The third-order valence-electron chi connectivity index (χ3n) is 4.08. The first-order valence-electron chi connectivity index (χ1n) is 7.37. The molecule has 0 radical (unpaired) electrons. The molecule has 0 atom stereocenters. The summed E-state index contributed by atoms with van der Waals surface area (Å²) in [7, 11) is 0. The van der Waals surface area contributed by atoms with Crippen LogP contribution in [0.15, 0.2) is 41.9 Å². The molecule has 2 aromatic heterocycles. The van der Waals surface area contributed by atoms with Crippen molar-refractivity contribution in [2.45, 2.75) is 13.0 Å². The van der Waals surface area contributed by atoms with Gasteiger partial charge in [-0.1, -0.05) is 35.9 Å². The van der Waals surface area contributed by atoms with Crippen molar-refractivity contribution < 1.29 is 4.79 Å². The molecule has 1 aliphatic heterocycles. The summed E-state index contributed by atoms with van der Waals surface area (Å²) in [5.74, 6) is 0.000694. The smallest absolute Gasteiger partial charge is 0.246 e. The molecule has 0 fully saturated rings. The van der Waals surface area contributed by atoms with Crippen molar-refractivity contribution >= 4 is 39.9 Å². The molecular formula is C17H14ClN3OS. The molecule has 1 amide bonds. The monoisotopic (exact) mass is 343 g/mol. The van der Waals surface area contributed by atoms with Crippen LogP contribution in [0.4, 0.5) is 0 Å². The second-order valence-corrected chi connectivity index (χ2v) is 6.69. The molecule has 1 aliphatic rings. The minimum atomic E-state index is 0.000694. The molecule has 0 saturated heterocycles. The lowest BCUT2D eigenvalue weighted by Crippen LogP contribution is -2.34. The van der Waals surface area contributed by atoms with Crippen LogP contribution in [-0.4, -0.2) is 26.7 Å². The zero-order valence-electron chi connectivity index (χ0n) is 12.3. The van der Waals surface area contributed by atoms with Gasteiger partial charge in [0.15, 0.2) is 10.1 Å². The lowest BCUT2D eigenvalue weighted by atomic mass is 10.00. The van der Waals surface area contributed by atoms with Crippen LogP contribution in [0.25, 0.3) is 11.0 Å². The highest BCUT2D eigenvalue weighted by atomic mass is 35.5. The van der Waals surface area contributed by atoms with Gasteiger partial charge in [0.2, 0.25) is 5.91 Å². The predicted octanol–water partition coefficient (Wildman–Crippen LogP) is 3.65. The van der Waals surface area contributed by atoms with Gasteiger partial charge < -0.3 is 4.90 Å². The standard InChI is InChI=1S/C17H14ClN3OS/c18-16-14(21-9-10-23-17(21)19-16)5-6-15(22)20-8-7-12-3-1-2-4-13(12)11-20/h1-6,9-10H,7-8,11H2/b6-5+. The van der Waals surface area contributed by atoms with Gasteiger partial charge in [0.25, 0.3) is 0 Å². The highest BCUT2D eigenvalue weighted by Crippen LogP contribution is 2.23. The summed E-state index contributed by atoms with van der Waals surface area (Å²) in [5, 5.41) is 2.37. The van der Waals surface area contributed by atoms with Gasteiger partial charge in [-0.25, -0.2) is 4.98 Å². The first-order valence-corrected chi connectivity index (χ1v) is 8.63. The van der Waals surface area contributed by atoms with Crippen molar-refractivity contribution in [3.05, 3.63) is 63.9 Å². The van der Waals surface area contributed by atoms with Crippen molar-refractivity contribution in [2.75, 3.05) is 6.54 Å². The van der Waals surface area contributed by atoms with E-state index in [1.54, 1.807) is 12.2 Å². The zero-order valence-corrected chi connectivity index (χ0v) is 13.8. The van der Waals surface area contributed by atoms with Gasteiger partial charge in [-0.2, -0.15) is 0 Å². The van der Waals surface area contributed by atoms with Crippen LogP contribution in [0.3, 0.4) is 0 Å². The van der Waals surface area contributed by atoms with E-state index in [9.17, 15) is 4.79 Å². The molecule has 116 valence electrons. The summed E-state index contributed by atoms with van der Waals surface area (Å²) in [4.78, 5) is 19.4. The molecule has 4 rings (SSSR count). The first-order chi connectivity index (χ1) is 11.2. The molecule has 0 bridgehead atoms. The summed E-state index contributed by atoms with van der Waals surface area (Å²) in [5.41, 5.74) is 3.30. The number of fused-ring (bicyclic) bond motifs is 2. The van der Waals surface area contributed by atoms with Gasteiger partial charge in [-0.05, 0) is 23.6 Å². The Labute approximate surface area is 142 Å². The molecule has 1 aromatic carbocycles. The number of thiazole rings is 1. The molecule has 4 nitrogen and oxygen atoms in total. The van der Waals surface area contributed by atoms with E-state index in [0.717, 1.165) is 23.6 Å². The van der Waals surface area contributed by atoms with E-state index in [4.69, 9.17) is 11.6 Å². The van der Waals surface area contributed by atoms with Crippen LogP contribution in [0.1, 0.15) is 16.8 Å². The Hall–Kier alpha value is -2.11. The second-order valence-electron chi connectivity index (χ2n) is 5.46. The first kappa shape index (κ1) is 14.5. The van der Waals surface area contributed by atoms with E-state index in [1.165, 1.54) is 22.5 Å². The topological polar surface area (TPSA) is 37.6 Å². The Bertz CT molecular complexity index is 912. The Morgan fingerprint density at radius 3 is 3.00 bits per heavy atom. The number of benzene rings is 1. The number of amides is 1. The number of rotatable bonds is 2. The molecule has 23 heavy (non-hydrogen) atoms. The Morgan fingerprint density at radius 2 is 2.13 bits per heavy atom. The number of carbonyl (C=O) groups excluding carboxylic acids is 1. The Kier molecular flexibility index (Phi) is 3.67. The van der Waals surface area contributed by atoms with E-state index in [2.05, 4.69) is 17.1 Å². The maximum atomic E-state index is 12.5. The minimum absolute atomic E-state index is 0.000694. The molecule has 3 aromatic rings. The number of carbonyl (C=O) groups is 1. The van der Waals surface area contributed by atoms with E-state index in [1.807, 2.05) is 33.0 Å². The number of hydrogen-bond acceptors (Lipinski definition) is 3. The Balaban J connectivity index is 1.54. The number of halogens is 1. The van der Waals surface area contributed by atoms with Crippen LogP contribution in [0.2, 0.25) is 5.15 Å². The molecule has 0 N–H and O–H groups in total. The highest BCUT2D eigenvalue weighted by Gasteiger charge is 2.18. The predicted molar refractivity (Wildman–Crippen MR) is 92.7 cm³/mol. The van der Waals surface area contributed by atoms with Crippen LogP contribution in [0.5, 0.6) is 0 Å². The van der Waals surface area contributed by atoms with Crippen molar-refractivity contribution in [1.29, 1.82) is 0 Å². The maximum Gasteiger partial charge on any atom is 0.246 e. The number of nitrogens with zero attached hydrogens (tertiary/aromatic N) is 3. The second kappa shape index (κ2) is 5.83. The van der Waals surface area contributed by atoms with Gasteiger partial charge in [0.05, 0.1) is 5.69 Å². The number of aromatic nitrogens is 2.